The molecule has 0 unspecified atom stereocenters. The minimum atomic E-state index is -2.64. The Balaban J connectivity index is 0.00000221. The summed E-state index contributed by atoms with van der Waals surface area (Å²) in [5, 5.41) is 9.89. The average molecular weight is 590 g/mol. The third-order valence-electron chi connectivity index (χ3n) is 9.43. The molecule has 11 heteroatoms. The summed E-state index contributed by atoms with van der Waals surface area (Å²) in [7, 11) is 0. The van der Waals surface area contributed by atoms with Gasteiger partial charge in [0, 0.05) is 46.4 Å². The monoisotopic (exact) mass is 589 g/mol. The van der Waals surface area contributed by atoms with Crippen LogP contribution in [-0.4, -0.2) is 57.5 Å². The van der Waals surface area contributed by atoms with Gasteiger partial charge in [-0.1, -0.05) is 6.07 Å². The summed E-state index contributed by atoms with van der Waals surface area (Å²) < 4.78 is 43.6. The Morgan fingerprint density at radius 2 is 1.67 bits per heavy atom. The topological polar surface area (TPSA) is 96.3 Å². The molecule has 2 heterocycles. The van der Waals surface area contributed by atoms with Gasteiger partial charge in [0.25, 0.3) is 5.91 Å². The number of carbonyl (C=O) groups excluding carboxylic acids is 3. The van der Waals surface area contributed by atoms with Crippen LogP contribution in [0.4, 0.5) is 18.9 Å². The summed E-state index contributed by atoms with van der Waals surface area (Å²) in [6, 6.07) is 5.03. The van der Waals surface area contributed by atoms with Crippen LogP contribution in [0.1, 0.15) is 90.2 Å². The van der Waals surface area contributed by atoms with E-state index in [4.69, 9.17) is 0 Å². The summed E-state index contributed by atoms with van der Waals surface area (Å²) >= 11 is 0. The highest BCUT2D eigenvalue weighted by atomic mass is 19.3. The van der Waals surface area contributed by atoms with Crippen LogP contribution in [0.3, 0.4) is 0 Å². The molecule has 2 atom stereocenters. The van der Waals surface area contributed by atoms with Gasteiger partial charge in [-0.05, 0) is 88.0 Å². The van der Waals surface area contributed by atoms with Gasteiger partial charge in [0.2, 0.25) is 17.7 Å². The Morgan fingerprint density at radius 1 is 1.02 bits per heavy atom. The van der Waals surface area contributed by atoms with Gasteiger partial charge in [-0.15, -0.1) is 0 Å². The Bertz CT molecular complexity index is 1380. The smallest absolute Gasteiger partial charge is 0.270 e. The number of anilines is 1. The number of hydrogen-bond acceptors (Lipinski definition) is 4. The maximum absolute atomic E-state index is 15.3. The number of hydrogen-bond donors (Lipinski definition) is 2. The lowest BCUT2D eigenvalue weighted by molar-refractivity contribution is -0.215. The van der Waals surface area contributed by atoms with Crippen molar-refractivity contribution in [3.05, 3.63) is 47.5 Å². The van der Waals surface area contributed by atoms with E-state index in [9.17, 15) is 23.2 Å². The van der Waals surface area contributed by atoms with E-state index in [1.54, 1.807) is 34.8 Å². The van der Waals surface area contributed by atoms with Crippen molar-refractivity contribution >= 4 is 23.4 Å². The maximum atomic E-state index is 15.3. The standard InChI is InChI=1S/C31H38F3N5O3.2H2/c1-17(2)39-24(10-11-35-39)27(40)37-26(25(19-4-5-19)20-6-7-20)28(41)36-23-9-8-21(12-22(23)32)18(3)29(42)38-15-30(16-38)13-31(33,34)14-30;;/h8-12,17-20,25-26H,4-7,13-16H2,1-3H3,(H,36,41)(H,37,40);2*1H/t18-,26-;;/m0../s1. The highest BCUT2D eigenvalue weighted by Gasteiger charge is 2.62. The molecule has 2 aromatic rings. The van der Waals surface area contributed by atoms with E-state index < -0.39 is 40.9 Å². The van der Waals surface area contributed by atoms with Gasteiger partial charge in [0.05, 0.1) is 11.6 Å². The van der Waals surface area contributed by atoms with Crippen LogP contribution in [0.25, 0.3) is 0 Å². The number of aromatic nitrogens is 2. The van der Waals surface area contributed by atoms with Crippen LogP contribution in [0.15, 0.2) is 30.5 Å². The second-order valence-corrected chi connectivity index (χ2v) is 13.3. The van der Waals surface area contributed by atoms with Crippen LogP contribution in [0, 0.1) is 29.0 Å². The first-order valence-corrected chi connectivity index (χ1v) is 15.0. The molecule has 4 fully saturated rings. The van der Waals surface area contributed by atoms with E-state index in [1.165, 1.54) is 12.1 Å². The van der Waals surface area contributed by atoms with Gasteiger partial charge in [-0.3, -0.25) is 19.1 Å². The van der Waals surface area contributed by atoms with E-state index in [0.29, 0.717) is 36.2 Å². The fraction of sp³-hybridized carbons (Fsp3) is 0.613. The van der Waals surface area contributed by atoms with Crippen molar-refractivity contribution in [3.8, 4) is 0 Å². The van der Waals surface area contributed by atoms with Crippen molar-refractivity contribution in [3.63, 3.8) is 0 Å². The van der Waals surface area contributed by atoms with E-state index >= 15 is 4.39 Å². The molecule has 1 aromatic carbocycles. The van der Waals surface area contributed by atoms with Gasteiger partial charge < -0.3 is 15.5 Å². The molecule has 230 valence electrons. The largest absolute Gasteiger partial charge is 0.341 e. The number of halogens is 3. The third kappa shape index (κ3) is 5.54. The second-order valence-electron chi connectivity index (χ2n) is 13.3. The van der Waals surface area contributed by atoms with Crippen molar-refractivity contribution < 1.29 is 30.4 Å². The zero-order chi connectivity index (χ0) is 30.0. The van der Waals surface area contributed by atoms with Crippen LogP contribution in [-0.2, 0) is 9.59 Å². The molecule has 8 nitrogen and oxygen atoms in total. The highest BCUT2D eigenvalue weighted by Crippen LogP contribution is 2.57. The summed E-state index contributed by atoms with van der Waals surface area (Å²) in [6.45, 7) is 6.11. The van der Waals surface area contributed by atoms with Crippen molar-refractivity contribution in [1.29, 1.82) is 0 Å². The van der Waals surface area contributed by atoms with Gasteiger partial charge in [0.1, 0.15) is 17.6 Å². The molecule has 0 bridgehead atoms. The quantitative estimate of drug-likeness (QED) is 0.376. The first-order chi connectivity index (χ1) is 19.9. The fourth-order valence-corrected chi connectivity index (χ4v) is 7.07. The summed E-state index contributed by atoms with van der Waals surface area (Å²) in [5.74, 6) is -4.42. The van der Waals surface area contributed by atoms with Crippen LogP contribution in [0.2, 0.25) is 0 Å². The Hall–Kier alpha value is -3.37. The first kappa shape index (κ1) is 28.7. The van der Waals surface area contributed by atoms with Crippen LogP contribution in [0.5, 0.6) is 0 Å². The molecule has 3 saturated carbocycles. The number of likely N-dealkylation sites (tertiary alicyclic amines) is 1. The molecule has 1 spiro atoms. The number of nitrogens with zero attached hydrogens (tertiary/aromatic N) is 3. The van der Waals surface area contributed by atoms with Crippen molar-refractivity contribution in [1.82, 2.24) is 20.0 Å². The minimum Gasteiger partial charge on any atom is -0.341 e. The number of amides is 3. The van der Waals surface area contributed by atoms with E-state index in [1.807, 2.05) is 13.8 Å². The molecule has 1 saturated heterocycles. The zero-order valence-electron chi connectivity index (χ0n) is 24.2. The van der Waals surface area contributed by atoms with E-state index in [-0.39, 0.29) is 39.2 Å². The van der Waals surface area contributed by atoms with Crippen molar-refractivity contribution in [2.75, 3.05) is 18.4 Å². The minimum absolute atomic E-state index is 0. The number of alkyl halides is 2. The van der Waals surface area contributed by atoms with Gasteiger partial charge >= 0.3 is 0 Å². The molecule has 2 N–H and O–H groups in total. The fourth-order valence-electron chi connectivity index (χ4n) is 7.07. The number of carbonyl (C=O) groups is 3. The Kier molecular flexibility index (Phi) is 7.13. The molecule has 1 aromatic heterocycles. The normalized spacial score (nSPS) is 22.0. The molecule has 6 rings (SSSR count). The SMILES string of the molecule is CC(C)n1nccc1C(=O)N[C@H](C(=O)Nc1ccc([C@H](C)C(=O)N2CC3(C2)CC(F)(F)C3)cc1F)C(C1CC1)C1CC1.[HH].[HH]. The van der Waals surface area contributed by atoms with E-state index in [2.05, 4.69) is 15.7 Å². The highest BCUT2D eigenvalue weighted by molar-refractivity contribution is 6.01. The molecule has 3 amide bonds. The molecule has 1 aliphatic heterocycles. The molecule has 42 heavy (non-hydrogen) atoms. The summed E-state index contributed by atoms with van der Waals surface area (Å²) in [5.41, 5.74) is 0.301. The average Bonchev–Trinajstić information content (AvgIpc) is 3.84. The molecule has 4 aliphatic rings. The third-order valence-corrected chi connectivity index (χ3v) is 9.43. The first-order valence-electron chi connectivity index (χ1n) is 15.0. The van der Waals surface area contributed by atoms with Crippen molar-refractivity contribution in [2.45, 2.75) is 83.2 Å². The number of rotatable bonds is 10. The lowest BCUT2D eigenvalue weighted by atomic mass is 9.61. The van der Waals surface area contributed by atoms with Gasteiger partial charge in [0.15, 0.2) is 0 Å². The molecular formula is C31H42F3N5O3. The summed E-state index contributed by atoms with van der Waals surface area (Å²) in [6.07, 6.45) is 5.18. The molecule has 3 aliphatic carbocycles. The van der Waals surface area contributed by atoms with Gasteiger partial charge in [-0.25, -0.2) is 13.2 Å². The molecule has 0 radical (unpaired) electrons. The predicted octanol–water partition coefficient (Wildman–Crippen LogP) is 5.63. The lowest BCUT2D eigenvalue weighted by Gasteiger charge is -2.58. The predicted molar refractivity (Wildman–Crippen MR) is 154 cm³/mol. The zero-order valence-corrected chi connectivity index (χ0v) is 24.2. The van der Waals surface area contributed by atoms with Crippen molar-refractivity contribution in [2.24, 2.45) is 23.2 Å². The van der Waals surface area contributed by atoms with Crippen LogP contribution >= 0.6 is 0 Å². The molecular weight excluding hydrogens is 547 g/mol. The van der Waals surface area contributed by atoms with Gasteiger partial charge in [-0.2, -0.15) is 5.10 Å². The Morgan fingerprint density at radius 3 is 2.21 bits per heavy atom. The second kappa shape index (κ2) is 10.4. The lowest BCUT2D eigenvalue weighted by Crippen LogP contribution is -2.67. The summed E-state index contributed by atoms with van der Waals surface area (Å²) in [4.78, 5) is 41.5. The Labute approximate surface area is 246 Å². The van der Waals surface area contributed by atoms with E-state index in [0.717, 1.165) is 25.7 Å². The van der Waals surface area contributed by atoms with Crippen LogP contribution < -0.4 is 10.6 Å². The number of nitrogens with one attached hydrogen (secondary N) is 2. The maximum Gasteiger partial charge on any atom is 0.270 e. The number of benzene rings is 1.